The predicted octanol–water partition coefficient (Wildman–Crippen LogP) is 5.59. The lowest BCUT2D eigenvalue weighted by Gasteiger charge is -2.29. The summed E-state index contributed by atoms with van der Waals surface area (Å²) >= 11 is 0. The molecule has 0 bridgehead atoms. The molecule has 0 saturated carbocycles. The summed E-state index contributed by atoms with van der Waals surface area (Å²) in [6, 6.07) is 11.7. The van der Waals surface area contributed by atoms with Crippen molar-refractivity contribution in [2.24, 2.45) is 0 Å². The van der Waals surface area contributed by atoms with E-state index in [1.807, 2.05) is 32.0 Å². The number of hydrogen-bond acceptors (Lipinski definition) is 8. The average Bonchev–Trinajstić information content (AvgIpc) is 3.28. The highest BCUT2D eigenvalue weighted by Gasteiger charge is 2.46. The molecule has 0 spiro atoms. The number of benzene rings is 2. The number of carbonyl (C=O) groups excluding carboxylic acids is 2. The number of unbranched alkanes of at least 4 members (excludes halogenated alkanes) is 2. The van der Waals surface area contributed by atoms with E-state index >= 15 is 0 Å². The number of carbonyl (C=O) groups is 2. The van der Waals surface area contributed by atoms with Crippen molar-refractivity contribution in [2.75, 3.05) is 59.2 Å². The number of likely N-dealkylation sites (tertiary alicyclic amines) is 1. The van der Waals surface area contributed by atoms with Crippen molar-refractivity contribution in [3.05, 3.63) is 59.2 Å². The van der Waals surface area contributed by atoms with E-state index in [-0.39, 0.29) is 11.3 Å². The Hall–Kier alpha value is -3.56. The third-order valence-corrected chi connectivity index (χ3v) is 7.71. The molecule has 9 heteroatoms. The Labute approximate surface area is 255 Å². The van der Waals surface area contributed by atoms with Crippen molar-refractivity contribution < 1.29 is 33.6 Å². The van der Waals surface area contributed by atoms with Gasteiger partial charge < -0.3 is 29.0 Å². The smallest absolute Gasteiger partial charge is 0.295 e. The molecule has 2 aliphatic heterocycles. The lowest BCUT2D eigenvalue weighted by molar-refractivity contribution is -0.140. The number of nitrogens with zero attached hydrogens (tertiary/aromatic N) is 2. The molecule has 2 saturated heterocycles. The molecule has 2 fully saturated rings. The van der Waals surface area contributed by atoms with Crippen LogP contribution in [0.1, 0.15) is 70.0 Å². The molecule has 1 unspecified atom stereocenters. The highest BCUT2D eigenvalue weighted by molar-refractivity contribution is 6.46. The number of aliphatic hydroxyl groups is 1. The van der Waals surface area contributed by atoms with E-state index in [1.165, 1.54) is 0 Å². The number of hydrogen-bond donors (Lipinski definition) is 1. The van der Waals surface area contributed by atoms with E-state index in [0.29, 0.717) is 74.4 Å². The fourth-order valence-electron chi connectivity index (χ4n) is 5.45. The number of ether oxygens (including phenoxy) is 4. The highest BCUT2D eigenvalue weighted by atomic mass is 16.5. The monoisotopic (exact) mass is 594 g/mol. The zero-order chi connectivity index (χ0) is 30.6. The Balaban J connectivity index is 1.68. The predicted molar refractivity (Wildman–Crippen MR) is 166 cm³/mol. The van der Waals surface area contributed by atoms with E-state index in [0.717, 1.165) is 45.3 Å². The van der Waals surface area contributed by atoms with Crippen molar-refractivity contribution in [1.29, 1.82) is 0 Å². The van der Waals surface area contributed by atoms with Crippen LogP contribution >= 0.6 is 0 Å². The summed E-state index contributed by atoms with van der Waals surface area (Å²) in [6.07, 6.45) is 4.67. The second-order valence-electron chi connectivity index (χ2n) is 10.9. The van der Waals surface area contributed by atoms with Gasteiger partial charge in [-0.3, -0.25) is 14.5 Å². The lowest BCUT2D eigenvalue weighted by atomic mass is 9.95. The van der Waals surface area contributed by atoms with Crippen LogP contribution in [0, 0.1) is 0 Å². The Bertz CT molecular complexity index is 1240. The average molecular weight is 595 g/mol. The van der Waals surface area contributed by atoms with Crippen LogP contribution in [0.2, 0.25) is 0 Å². The number of amides is 1. The molecule has 0 aliphatic carbocycles. The van der Waals surface area contributed by atoms with Crippen molar-refractivity contribution in [3.8, 4) is 17.2 Å². The first-order chi connectivity index (χ1) is 21.0. The number of morpholine rings is 1. The van der Waals surface area contributed by atoms with Crippen LogP contribution in [0.25, 0.3) is 5.76 Å². The molecule has 2 aromatic rings. The highest BCUT2D eigenvalue weighted by Crippen LogP contribution is 2.42. The summed E-state index contributed by atoms with van der Waals surface area (Å²) in [5.41, 5.74) is 1.19. The van der Waals surface area contributed by atoms with Crippen molar-refractivity contribution >= 4 is 17.4 Å². The number of aliphatic hydroxyl groups excluding tert-OH is 1. The van der Waals surface area contributed by atoms with E-state index in [9.17, 15) is 14.7 Å². The van der Waals surface area contributed by atoms with Gasteiger partial charge in [-0.2, -0.15) is 0 Å². The topological polar surface area (TPSA) is 97.8 Å². The molecule has 2 aromatic carbocycles. The standard InChI is InChI=1S/C34H46N2O7/c1-4-7-8-21-43-28-15-12-26(24-29(28)41-6-3)31-30(32(37)25-10-13-27(14-11-25)42-20-5-2)33(38)34(39)36(31)17-9-16-35-18-22-40-23-19-35/h10-15,24,31,37H,4-9,16-23H2,1-3H3/b32-30+. The van der Waals surface area contributed by atoms with Gasteiger partial charge in [0.25, 0.3) is 11.7 Å². The molecule has 2 aliphatic rings. The van der Waals surface area contributed by atoms with Gasteiger partial charge in [0.2, 0.25) is 0 Å². The number of Topliss-reactive ketones (excluding diaryl/α,β-unsaturated/α-hetero) is 1. The molecular weight excluding hydrogens is 548 g/mol. The van der Waals surface area contributed by atoms with E-state index in [4.69, 9.17) is 18.9 Å². The summed E-state index contributed by atoms with van der Waals surface area (Å²) in [6.45, 7) is 11.9. The minimum Gasteiger partial charge on any atom is -0.507 e. The van der Waals surface area contributed by atoms with Crippen LogP contribution in [-0.4, -0.2) is 85.8 Å². The Morgan fingerprint density at radius 3 is 2.33 bits per heavy atom. The molecule has 234 valence electrons. The summed E-state index contributed by atoms with van der Waals surface area (Å²) in [7, 11) is 0. The summed E-state index contributed by atoms with van der Waals surface area (Å²) in [4.78, 5) is 30.9. The molecule has 1 atom stereocenters. The van der Waals surface area contributed by atoms with E-state index < -0.39 is 17.7 Å². The maximum Gasteiger partial charge on any atom is 0.295 e. The van der Waals surface area contributed by atoms with E-state index in [1.54, 1.807) is 29.2 Å². The van der Waals surface area contributed by atoms with Crippen LogP contribution in [0.5, 0.6) is 17.2 Å². The third kappa shape index (κ3) is 8.30. The van der Waals surface area contributed by atoms with Crippen LogP contribution in [-0.2, 0) is 14.3 Å². The van der Waals surface area contributed by atoms with Crippen molar-refractivity contribution in [3.63, 3.8) is 0 Å². The maximum atomic E-state index is 13.6. The molecule has 0 radical (unpaired) electrons. The summed E-state index contributed by atoms with van der Waals surface area (Å²) in [5.74, 6) is 0.321. The molecule has 9 nitrogen and oxygen atoms in total. The van der Waals surface area contributed by atoms with Crippen molar-refractivity contribution in [1.82, 2.24) is 9.80 Å². The van der Waals surface area contributed by atoms with E-state index in [2.05, 4.69) is 11.8 Å². The van der Waals surface area contributed by atoms with Gasteiger partial charge in [-0.1, -0.05) is 32.8 Å². The molecule has 1 N–H and O–H groups in total. The molecule has 4 rings (SSSR count). The molecule has 1 amide bonds. The zero-order valence-electron chi connectivity index (χ0n) is 25.8. The van der Waals surface area contributed by atoms with Gasteiger partial charge in [-0.25, -0.2) is 0 Å². The fourth-order valence-corrected chi connectivity index (χ4v) is 5.45. The first kappa shape index (κ1) is 32.4. The second kappa shape index (κ2) is 16.3. The minimum absolute atomic E-state index is 0.0673. The number of ketones is 1. The van der Waals surface area contributed by atoms with Crippen LogP contribution in [0.4, 0.5) is 0 Å². The fraction of sp³-hybridized carbons (Fsp3) is 0.529. The van der Waals surface area contributed by atoms with Gasteiger partial charge in [-0.05, 0) is 68.1 Å². The molecule has 43 heavy (non-hydrogen) atoms. The minimum atomic E-state index is -0.769. The summed E-state index contributed by atoms with van der Waals surface area (Å²) in [5, 5.41) is 11.5. The molecule has 0 aromatic heterocycles. The van der Waals surface area contributed by atoms with Gasteiger partial charge in [0.1, 0.15) is 11.5 Å². The molecule has 2 heterocycles. The lowest BCUT2D eigenvalue weighted by Crippen LogP contribution is -2.39. The largest absolute Gasteiger partial charge is 0.507 e. The maximum absolute atomic E-state index is 13.6. The van der Waals surface area contributed by atoms with Gasteiger partial charge in [0.05, 0.1) is 44.6 Å². The normalized spacial score (nSPS) is 18.7. The second-order valence-corrected chi connectivity index (χ2v) is 10.9. The third-order valence-electron chi connectivity index (χ3n) is 7.71. The number of rotatable bonds is 16. The Kier molecular flexibility index (Phi) is 12.3. The van der Waals surface area contributed by atoms with Crippen LogP contribution < -0.4 is 14.2 Å². The van der Waals surface area contributed by atoms with Gasteiger partial charge in [0.15, 0.2) is 11.5 Å². The molecular formula is C34H46N2O7. The van der Waals surface area contributed by atoms with Gasteiger partial charge in [0, 0.05) is 31.7 Å². The van der Waals surface area contributed by atoms with Gasteiger partial charge >= 0.3 is 0 Å². The Morgan fingerprint density at radius 1 is 0.860 bits per heavy atom. The van der Waals surface area contributed by atoms with Crippen LogP contribution in [0.3, 0.4) is 0 Å². The first-order valence-electron chi connectivity index (χ1n) is 15.7. The van der Waals surface area contributed by atoms with Crippen LogP contribution in [0.15, 0.2) is 48.0 Å². The first-order valence-corrected chi connectivity index (χ1v) is 15.7. The quantitative estimate of drug-likeness (QED) is 0.116. The zero-order valence-corrected chi connectivity index (χ0v) is 25.8. The SMILES string of the molecule is CCCCCOc1ccc(C2/C(=C(\O)c3ccc(OCCC)cc3)C(=O)C(=O)N2CCCN2CCOCC2)cc1OCC. The van der Waals surface area contributed by atoms with Crippen molar-refractivity contribution in [2.45, 2.75) is 58.9 Å². The Morgan fingerprint density at radius 2 is 1.63 bits per heavy atom. The van der Waals surface area contributed by atoms with Gasteiger partial charge in [-0.15, -0.1) is 0 Å². The summed E-state index contributed by atoms with van der Waals surface area (Å²) < 4.78 is 23.1.